The molecule has 2 N–H and O–H groups in total. The average Bonchev–Trinajstić information content (AvgIpc) is 2.55. The third kappa shape index (κ3) is 7.12. The first-order valence-corrected chi connectivity index (χ1v) is 7.95. The molecule has 0 spiro atoms. The van der Waals surface area contributed by atoms with Gasteiger partial charge in [0.2, 0.25) is 5.91 Å². The van der Waals surface area contributed by atoms with Crippen LogP contribution in [0.2, 0.25) is 0 Å². The molecule has 0 saturated heterocycles. The minimum absolute atomic E-state index is 0.00764. The monoisotopic (exact) mass is 374 g/mol. The van der Waals surface area contributed by atoms with Crippen molar-refractivity contribution in [3.8, 4) is 0 Å². The molecule has 0 saturated carbocycles. The maximum absolute atomic E-state index is 12.5. The van der Waals surface area contributed by atoms with E-state index in [9.17, 15) is 27.6 Å². The average molecular weight is 374 g/mol. The third-order valence-corrected chi connectivity index (χ3v) is 3.41. The fraction of sp³-hybridized carbons (Fsp3) is 0.471. The van der Waals surface area contributed by atoms with Crippen molar-refractivity contribution in [2.45, 2.75) is 26.4 Å². The van der Waals surface area contributed by atoms with E-state index in [-0.39, 0.29) is 31.0 Å². The summed E-state index contributed by atoms with van der Waals surface area (Å²) in [7, 11) is 0. The standard InChI is InChI=1S/C17H21F3N2O4/c1-11(2)10-22(8-7-15(24)25)14(23)9-21-16(26)12-3-5-13(6-4-12)17(18,19)20/h3-6,11H,7-10H2,1-2H3,(H,21,26)(H,24,25). The Balaban J connectivity index is 2.65. The van der Waals surface area contributed by atoms with Gasteiger partial charge in [-0.15, -0.1) is 0 Å². The number of nitrogens with zero attached hydrogens (tertiary/aromatic N) is 1. The smallest absolute Gasteiger partial charge is 0.416 e. The number of nitrogens with one attached hydrogen (secondary N) is 1. The molecule has 2 amide bonds. The van der Waals surface area contributed by atoms with Crippen LogP contribution < -0.4 is 5.32 Å². The topological polar surface area (TPSA) is 86.7 Å². The normalized spacial score (nSPS) is 11.3. The molecule has 0 fully saturated rings. The van der Waals surface area contributed by atoms with E-state index in [2.05, 4.69) is 5.32 Å². The van der Waals surface area contributed by atoms with Gasteiger partial charge in [0, 0.05) is 18.7 Å². The number of carbonyl (C=O) groups is 3. The van der Waals surface area contributed by atoms with E-state index in [1.807, 2.05) is 13.8 Å². The number of carbonyl (C=O) groups excluding carboxylic acids is 2. The number of alkyl halides is 3. The number of carboxylic acid groups (broad SMARTS) is 1. The molecule has 0 radical (unpaired) electrons. The molecule has 0 atom stereocenters. The highest BCUT2D eigenvalue weighted by atomic mass is 19.4. The van der Waals surface area contributed by atoms with E-state index in [4.69, 9.17) is 5.11 Å². The molecule has 144 valence electrons. The largest absolute Gasteiger partial charge is 0.481 e. The second-order valence-corrected chi connectivity index (χ2v) is 6.14. The van der Waals surface area contributed by atoms with E-state index in [0.29, 0.717) is 6.54 Å². The number of carboxylic acids is 1. The summed E-state index contributed by atoms with van der Waals surface area (Å²) in [6.07, 6.45) is -4.71. The molecule has 0 aromatic heterocycles. The summed E-state index contributed by atoms with van der Waals surface area (Å²) < 4.78 is 37.5. The molecule has 1 rings (SSSR count). The van der Waals surface area contributed by atoms with Gasteiger partial charge in [0.1, 0.15) is 0 Å². The SMILES string of the molecule is CC(C)CN(CCC(=O)O)C(=O)CNC(=O)c1ccc(C(F)(F)F)cc1. The maximum Gasteiger partial charge on any atom is 0.416 e. The first-order chi connectivity index (χ1) is 12.0. The quantitative estimate of drug-likeness (QED) is 0.732. The lowest BCUT2D eigenvalue weighted by molar-refractivity contribution is -0.139. The third-order valence-electron chi connectivity index (χ3n) is 3.41. The highest BCUT2D eigenvalue weighted by Crippen LogP contribution is 2.29. The van der Waals surface area contributed by atoms with Gasteiger partial charge in [-0.1, -0.05) is 13.8 Å². The van der Waals surface area contributed by atoms with Crippen LogP contribution in [0.1, 0.15) is 36.2 Å². The Morgan fingerprint density at radius 2 is 1.73 bits per heavy atom. The summed E-state index contributed by atoms with van der Waals surface area (Å²) in [5.74, 6) is -2.08. The summed E-state index contributed by atoms with van der Waals surface area (Å²) >= 11 is 0. The number of amides is 2. The van der Waals surface area contributed by atoms with Gasteiger partial charge in [-0.3, -0.25) is 14.4 Å². The molecule has 0 heterocycles. The highest BCUT2D eigenvalue weighted by Gasteiger charge is 2.30. The van der Waals surface area contributed by atoms with Crippen LogP contribution in [0.15, 0.2) is 24.3 Å². The van der Waals surface area contributed by atoms with Crippen molar-refractivity contribution >= 4 is 17.8 Å². The Hall–Kier alpha value is -2.58. The number of aliphatic carboxylic acids is 1. The molecular weight excluding hydrogens is 353 g/mol. The number of rotatable bonds is 8. The highest BCUT2D eigenvalue weighted by molar-refractivity contribution is 5.96. The van der Waals surface area contributed by atoms with Crippen LogP contribution in [0.4, 0.5) is 13.2 Å². The van der Waals surface area contributed by atoms with Crippen molar-refractivity contribution in [1.82, 2.24) is 10.2 Å². The molecule has 0 aliphatic carbocycles. The number of hydrogen-bond acceptors (Lipinski definition) is 3. The Morgan fingerprint density at radius 1 is 1.15 bits per heavy atom. The summed E-state index contributed by atoms with van der Waals surface area (Å²) in [4.78, 5) is 36.2. The van der Waals surface area contributed by atoms with E-state index >= 15 is 0 Å². The molecule has 1 aromatic carbocycles. The Bertz CT molecular complexity index is 642. The zero-order valence-corrected chi connectivity index (χ0v) is 14.5. The molecule has 1 aromatic rings. The van der Waals surface area contributed by atoms with Crippen LogP contribution in [-0.4, -0.2) is 47.4 Å². The van der Waals surface area contributed by atoms with Crippen molar-refractivity contribution in [2.75, 3.05) is 19.6 Å². The zero-order chi connectivity index (χ0) is 19.9. The molecule has 26 heavy (non-hydrogen) atoms. The summed E-state index contributed by atoms with van der Waals surface area (Å²) in [5.41, 5.74) is -0.881. The van der Waals surface area contributed by atoms with E-state index in [1.165, 1.54) is 4.90 Å². The van der Waals surface area contributed by atoms with Gasteiger partial charge in [0.15, 0.2) is 0 Å². The molecular formula is C17H21F3N2O4. The molecule has 0 aliphatic rings. The van der Waals surface area contributed by atoms with Crippen LogP contribution in [0, 0.1) is 5.92 Å². The minimum atomic E-state index is -4.49. The van der Waals surface area contributed by atoms with Gasteiger partial charge >= 0.3 is 12.1 Å². The fourth-order valence-corrected chi connectivity index (χ4v) is 2.17. The van der Waals surface area contributed by atoms with Gasteiger partial charge in [-0.2, -0.15) is 13.2 Å². The lowest BCUT2D eigenvalue weighted by Crippen LogP contribution is -2.42. The zero-order valence-electron chi connectivity index (χ0n) is 14.5. The van der Waals surface area contributed by atoms with Gasteiger partial charge in [0.25, 0.3) is 5.91 Å². The second-order valence-electron chi connectivity index (χ2n) is 6.14. The molecule has 0 unspecified atom stereocenters. The van der Waals surface area contributed by atoms with Crippen molar-refractivity contribution in [3.63, 3.8) is 0 Å². The Morgan fingerprint density at radius 3 is 2.19 bits per heavy atom. The van der Waals surface area contributed by atoms with E-state index < -0.39 is 29.5 Å². The summed E-state index contributed by atoms with van der Waals surface area (Å²) in [6, 6.07) is 3.63. The van der Waals surface area contributed by atoms with E-state index in [0.717, 1.165) is 24.3 Å². The van der Waals surface area contributed by atoms with Gasteiger partial charge in [0.05, 0.1) is 18.5 Å². The first-order valence-electron chi connectivity index (χ1n) is 7.95. The van der Waals surface area contributed by atoms with Crippen molar-refractivity contribution in [1.29, 1.82) is 0 Å². The molecule has 9 heteroatoms. The molecule has 0 aliphatic heterocycles. The molecule has 6 nitrogen and oxygen atoms in total. The van der Waals surface area contributed by atoms with Gasteiger partial charge in [-0.25, -0.2) is 0 Å². The summed E-state index contributed by atoms with van der Waals surface area (Å²) in [5, 5.41) is 11.1. The van der Waals surface area contributed by atoms with Crippen LogP contribution in [0.5, 0.6) is 0 Å². The predicted octanol–water partition coefficient (Wildman–Crippen LogP) is 2.39. The lowest BCUT2D eigenvalue weighted by Gasteiger charge is -2.24. The van der Waals surface area contributed by atoms with Crippen LogP contribution >= 0.6 is 0 Å². The van der Waals surface area contributed by atoms with Crippen LogP contribution in [0.3, 0.4) is 0 Å². The number of benzene rings is 1. The van der Waals surface area contributed by atoms with Crippen LogP contribution in [-0.2, 0) is 15.8 Å². The van der Waals surface area contributed by atoms with Crippen molar-refractivity contribution in [2.24, 2.45) is 5.92 Å². The van der Waals surface area contributed by atoms with Crippen LogP contribution in [0.25, 0.3) is 0 Å². The Kier molecular flexibility index (Phi) is 7.60. The first kappa shape index (κ1) is 21.5. The number of hydrogen-bond donors (Lipinski definition) is 2. The fourth-order valence-electron chi connectivity index (χ4n) is 2.17. The second kappa shape index (κ2) is 9.21. The van der Waals surface area contributed by atoms with Crippen molar-refractivity contribution < 1.29 is 32.7 Å². The van der Waals surface area contributed by atoms with Gasteiger partial charge in [-0.05, 0) is 30.2 Å². The minimum Gasteiger partial charge on any atom is -0.481 e. The maximum atomic E-state index is 12.5. The van der Waals surface area contributed by atoms with Gasteiger partial charge < -0.3 is 15.3 Å². The summed E-state index contributed by atoms with van der Waals surface area (Å²) in [6.45, 7) is 3.71. The predicted molar refractivity (Wildman–Crippen MR) is 87.4 cm³/mol. The van der Waals surface area contributed by atoms with E-state index in [1.54, 1.807) is 0 Å². The molecule has 0 bridgehead atoms. The van der Waals surface area contributed by atoms with Crippen molar-refractivity contribution in [3.05, 3.63) is 35.4 Å². The Labute approximate surface area is 149 Å². The lowest BCUT2D eigenvalue weighted by atomic mass is 10.1. The number of halogens is 3.